The lowest BCUT2D eigenvalue weighted by atomic mass is 10.2. The van der Waals surface area contributed by atoms with Crippen LogP contribution in [-0.2, 0) is 9.53 Å². The molecular formula is C28H24N6O3. The van der Waals surface area contributed by atoms with Gasteiger partial charge < -0.3 is 10.1 Å². The third kappa shape index (κ3) is 5.01. The van der Waals surface area contributed by atoms with E-state index in [9.17, 15) is 9.59 Å². The van der Waals surface area contributed by atoms with Crippen LogP contribution in [0.3, 0.4) is 0 Å². The number of carbonyl (C=O) groups is 2. The second-order valence-corrected chi connectivity index (χ2v) is 8.29. The van der Waals surface area contributed by atoms with Gasteiger partial charge in [-0.2, -0.15) is 5.10 Å². The summed E-state index contributed by atoms with van der Waals surface area (Å²) in [6.07, 6.45) is 0. The van der Waals surface area contributed by atoms with Crippen molar-refractivity contribution in [2.45, 2.75) is 13.8 Å². The van der Waals surface area contributed by atoms with Crippen LogP contribution in [0.25, 0.3) is 22.8 Å². The summed E-state index contributed by atoms with van der Waals surface area (Å²) in [7, 11) is 0. The molecule has 0 atom stereocenters. The van der Waals surface area contributed by atoms with Crippen molar-refractivity contribution < 1.29 is 14.3 Å². The molecule has 0 unspecified atom stereocenters. The van der Waals surface area contributed by atoms with Crippen molar-refractivity contribution in [1.29, 1.82) is 0 Å². The molecule has 0 fully saturated rings. The van der Waals surface area contributed by atoms with Gasteiger partial charge in [0.05, 0.1) is 28.5 Å². The van der Waals surface area contributed by atoms with Crippen molar-refractivity contribution in [2.75, 3.05) is 11.9 Å². The maximum absolute atomic E-state index is 12.8. The molecule has 0 saturated carbocycles. The van der Waals surface area contributed by atoms with Crippen molar-refractivity contribution >= 4 is 17.6 Å². The van der Waals surface area contributed by atoms with Crippen LogP contribution in [0, 0.1) is 13.8 Å². The second-order valence-electron chi connectivity index (χ2n) is 8.29. The number of nitrogens with one attached hydrogen (secondary N) is 1. The van der Waals surface area contributed by atoms with Crippen LogP contribution >= 0.6 is 0 Å². The number of hydrogen-bond donors (Lipinski definition) is 1. The summed E-state index contributed by atoms with van der Waals surface area (Å²) in [5.41, 5.74) is 4.40. The Balaban J connectivity index is 1.31. The molecule has 1 N–H and O–H groups in total. The normalized spacial score (nSPS) is 10.8. The predicted molar refractivity (Wildman–Crippen MR) is 139 cm³/mol. The number of aromatic nitrogens is 5. The van der Waals surface area contributed by atoms with Gasteiger partial charge >= 0.3 is 5.97 Å². The molecule has 2 aromatic heterocycles. The Morgan fingerprint density at radius 2 is 1.35 bits per heavy atom. The summed E-state index contributed by atoms with van der Waals surface area (Å²) in [5.74, 6) is -0.934. The zero-order valence-electron chi connectivity index (χ0n) is 20.3. The van der Waals surface area contributed by atoms with Crippen LogP contribution in [0.2, 0.25) is 0 Å². The van der Waals surface area contributed by atoms with Gasteiger partial charge in [-0.25, -0.2) is 19.1 Å². The van der Waals surface area contributed by atoms with Crippen molar-refractivity contribution in [3.63, 3.8) is 0 Å². The summed E-state index contributed by atoms with van der Waals surface area (Å²) in [6, 6.07) is 28.4. The first-order chi connectivity index (χ1) is 18.0. The fraction of sp³-hybridized carbons (Fsp3) is 0.107. The summed E-state index contributed by atoms with van der Waals surface area (Å²) < 4.78 is 8.59. The van der Waals surface area contributed by atoms with Crippen LogP contribution < -0.4 is 5.32 Å². The van der Waals surface area contributed by atoms with Gasteiger partial charge in [0.25, 0.3) is 11.7 Å². The highest BCUT2D eigenvalue weighted by atomic mass is 16.5. The molecule has 37 heavy (non-hydrogen) atoms. The molecule has 184 valence electrons. The molecule has 9 heteroatoms. The van der Waals surface area contributed by atoms with E-state index < -0.39 is 18.5 Å². The first-order valence-corrected chi connectivity index (χ1v) is 11.7. The SMILES string of the molecule is Cc1nn(-c2ccccc2)c(C)c1NC(=O)COC(=O)c1nc(-c2ccccc2)n(-c2ccccc2)n1. The van der Waals surface area contributed by atoms with Crippen molar-refractivity contribution in [3.05, 3.63) is 108 Å². The maximum atomic E-state index is 12.8. The van der Waals surface area contributed by atoms with E-state index in [0.717, 1.165) is 22.6 Å². The minimum Gasteiger partial charge on any atom is -0.450 e. The standard InChI is InChI=1S/C28H24N6O3/c1-19-25(20(2)33(31-19)22-14-8-4-9-15-22)29-24(35)18-37-28(36)26-30-27(21-12-6-3-7-13-21)34(32-26)23-16-10-5-11-17-23/h3-17H,18H2,1-2H3,(H,29,35). The zero-order chi connectivity index (χ0) is 25.8. The number of nitrogens with zero attached hydrogens (tertiary/aromatic N) is 5. The highest BCUT2D eigenvalue weighted by Gasteiger charge is 2.22. The van der Waals surface area contributed by atoms with Crippen molar-refractivity contribution in [3.8, 4) is 22.8 Å². The highest BCUT2D eigenvalue weighted by Crippen LogP contribution is 2.23. The van der Waals surface area contributed by atoms with Gasteiger partial charge in [-0.3, -0.25) is 4.79 Å². The Morgan fingerprint density at radius 1 is 0.784 bits per heavy atom. The highest BCUT2D eigenvalue weighted by molar-refractivity contribution is 5.95. The van der Waals surface area contributed by atoms with E-state index in [0.29, 0.717) is 17.2 Å². The van der Waals surface area contributed by atoms with Gasteiger partial charge in [0, 0.05) is 5.56 Å². The molecule has 5 rings (SSSR count). The minimum absolute atomic E-state index is 0.139. The summed E-state index contributed by atoms with van der Waals surface area (Å²) in [5, 5.41) is 11.7. The van der Waals surface area contributed by atoms with E-state index in [1.54, 1.807) is 16.3 Å². The molecule has 3 aromatic carbocycles. The number of aryl methyl sites for hydroxylation is 1. The smallest absolute Gasteiger partial charge is 0.378 e. The summed E-state index contributed by atoms with van der Waals surface area (Å²) >= 11 is 0. The number of benzene rings is 3. The van der Waals surface area contributed by atoms with Gasteiger partial charge in [0.15, 0.2) is 12.4 Å². The number of anilines is 1. The van der Waals surface area contributed by atoms with Crippen LogP contribution in [0.15, 0.2) is 91.0 Å². The molecule has 0 radical (unpaired) electrons. The Labute approximate surface area is 213 Å². The summed E-state index contributed by atoms with van der Waals surface area (Å²) in [4.78, 5) is 29.9. The largest absolute Gasteiger partial charge is 0.450 e. The van der Waals surface area contributed by atoms with E-state index >= 15 is 0 Å². The monoisotopic (exact) mass is 492 g/mol. The topological polar surface area (TPSA) is 104 Å². The molecule has 0 bridgehead atoms. The number of amides is 1. The molecule has 0 saturated heterocycles. The predicted octanol–water partition coefficient (Wildman–Crippen LogP) is 4.53. The van der Waals surface area contributed by atoms with E-state index in [2.05, 4.69) is 20.5 Å². The average molecular weight is 493 g/mol. The zero-order valence-corrected chi connectivity index (χ0v) is 20.3. The molecule has 9 nitrogen and oxygen atoms in total. The van der Waals surface area contributed by atoms with Gasteiger partial charge in [-0.15, -0.1) is 5.10 Å². The van der Waals surface area contributed by atoms with Gasteiger partial charge in [-0.05, 0) is 38.1 Å². The number of rotatable bonds is 7. The molecular weight excluding hydrogens is 468 g/mol. The minimum atomic E-state index is -0.796. The summed E-state index contributed by atoms with van der Waals surface area (Å²) in [6.45, 7) is 3.17. The van der Waals surface area contributed by atoms with Crippen molar-refractivity contribution in [2.24, 2.45) is 0 Å². The maximum Gasteiger partial charge on any atom is 0.378 e. The van der Waals surface area contributed by atoms with Crippen LogP contribution in [-0.4, -0.2) is 43.0 Å². The molecule has 2 heterocycles. The third-order valence-electron chi connectivity index (χ3n) is 5.71. The Morgan fingerprint density at radius 3 is 1.97 bits per heavy atom. The second kappa shape index (κ2) is 10.3. The fourth-order valence-corrected chi connectivity index (χ4v) is 3.94. The van der Waals surface area contributed by atoms with Crippen LogP contribution in [0.4, 0.5) is 5.69 Å². The van der Waals surface area contributed by atoms with Gasteiger partial charge in [0.1, 0.15) is 0 Å². The van der Waals surface area contributed by atoms with E-state index in [-0.39, 0.29) is 5.82 Å². The number of carbonyl (C=O) groups excluding carboxylic acids is 2. The number of hydrogen-bond acceptors (Lipinski definition) is 6. The molecule has 5 aromatic rings. The first kappa shape index (κ1) is 23.7. The Hall–Kier alpha value is -5.05. The molecule has 1 amide bonds. The third-order valence-corrected chi connectivity index (χ3v) is 5.71. The van der Waals surface area contributed by atoms with Gasteiger partial charge in [0.2, 0.25) is 0 Å². The lowest BCUT2D eigenvalue weighted by Crippen LogP contribution is -2.22. The Bertz CT molecular complexity index is 1490. The van der Waals surface area contributed by atoms with E-state index in [1.165, 1.54) is 0 Å². The number of para-hydroxylation sites is 2. The lowest BCUT2D eigenvalue weighted by molar-refractivity contribution is -0.119. The van der Waals surface area contributed by atoms with E-state index in [1.807, 2.05) is 97.9 Å². The average Bonchev–Trinajstić information content (AvgIpc) is 3.51. The fourth-order valence-electron chi connectivity index (χ4n) is 3.94. The van der Waals surface area contributed by atoms with E-state index in [4.69, 9.17) is 4.74 Å². The van der Waals surface area contributed by atoms with Crippen molar-refractivity contribution in [1.82, 2.24) is 24.5 Å². The number of esters is 1. The molecule has 0 aliphatic heterocycles. The van der Waals surface area contributed by atoms with Crippen LogP contribution in [0.1, 0.15) is 22.0 Å². The van der Waals surface area contributed by atoms with Gasteiger partial charge in [-0.1, -0.05) is 66.7 Å². The Kier molecular flexibility index (Phi) is 6.58. The van der Waals surface area contributed by atoms with Crippen LogP contribution in [0.5, 0.6) is 0 Å². The number of ether oxygens (including phenoxy) is 1. The molecule has 0 aliphatic rings. The molecule has 0 aliphatic carbocycles. The quantitative estimate of drug-likeness (QED) is 0.335. The first-order valence-electron chi connectivity index (χ1n) is 11.7. The molecule has 0 spiro atoms. The lowest BCUT2D eigenvalue weighted by Gasteiger charge is -2.07.